The molecule has 0 aliphatic carbocycles. The van der Waals surface area contributed by atoms with Gasteiger partial charge in [0.1, 0.15) is 17.3 Å². The summed E-state index contributed by atoms with van der Waals surface area (Å²) in [6.07, 6.45) is 4.93. The number of aromatic nitrogens is 2. The normalized spacial score (nSPS) is 14.1. The second kappa shape index (κ2) is 7.84. The molecule has 2 heterocycles. The van der Waals surface area contributed by atoms with E-state index < -0.39 is 0 Å². The molecule has 1 amide bonds. The van der Waals surface area contributed by atoms with Crippen LogP contribution in [0.2, 0.25) is 0 Å². The predicted molar refractivity (Wildman–Crippen MR) is 105 cm³/mol. The maximum Gasteiger partial charge on any atom is 0.257 e. The topological polar surface area (TPSA) is 47.4 Å². The number of likely N-dealkylation sites (tertiary alicyclic amines) is 1. The minimum absolute atomic E-state index is 0.0223. The number of benzene rings is 2. The van der Waals surface area contributed by atoms with Gasteiger partial charge in [0.2, 0.25) is 0 Å². The van der Waals surface area contributed by atoms with Crippen molar-refractivity contribution in [3.63, 3.8) is 0 Å². The molecular formula is C22H22FN3O2. The number of hydrogen-bond donors (Lipinski definition) is 0. The zero-order valence-electron chi connectivity index (χ0n) is 15.8. The first kappa shape index (κ1) is 18.2. The Kier molecular flexibility index (Phi) is 5.10. The Morgan fingerprint density at radius 2 is 1.82 bits per heavy atom. The molecule has 1 saturated heterocycles. The van der Waals surface area contributed by atoms with Crippen molar-refractivity contribution in [2.45, 2.75) is 19.3 Å². The highest BCUT2D eigenvalue weighted by Crippen LogP contribution is 2.28. The molecule has 0 atom stereocenters. The minimum atomic E-state index is -0.312. The number of ether oxygens (including phenoxy) is 1. The van der Waals surface area contributed by atoms with E-state index in [2.05, 4.69) is 5.10 Å². The van der Waals surface area contributed by atoms with E-state index in [9.17, 15) is 9.18 Å². The zero-order valence-corrected chi connectivity index (χ0v) is 15.8. The Morgan fingerprint density at radius 3 is 2.54 bits per heavy atom. The van der Waals surface area contributed by atoms with E-state index in [0.29, 0.717) is 22.7 Å². The van der Waals surface area contributed by atoms with Crippen LogP contribution >= 0.6 is 0 Å². The average Bonchev–Trinajstić information content (AvgIpc) is 3.20. The lowest BCUT2D eigenvalue weighted by molar-refractivity contribution is 0.0725. The fraction of sp³-hybridized carbons (Fsp3) is 0.273. The Hall–Kier alpha value is -3.15. The molecule has 1 aliphatic heterocycles. The van der Waals surface area contributed by atoms with Gasteiger partial charge in [-0.05, 0) is 55.7 Å². The number of hydrogen-bond acceptors (Lipinski definition) is 3. The SMILES string of the molecule is COc1cccc(-c2nn(-c3ccc(F)cc3)cc2C(=O)N2CCCCC2)c1. The van der Waals surface area contributed by atoms with E-state index in [0.717, 1.165) is 37.9 Å². The highest BCUT2D eigenvalue weighted by atomic mass is 19.1. The van der Waals surface area contributed by atoms with E-state index in [1.165, 1.54) is 12.1 Å². The van der Waals surface area contributed by atoms with Gasteiger partial charge in [-0.25, -0.2) is 9.07 Å². The Bertz CT molecular complexity index is 976. The molecule has 1 aliphatic rings. The Morgan fingerprint density at radius 1 is 1.07 bits per heavy atom. The first-order valence-corrected chi connectivity index (χ1v) is 9.45. The van der Waals surface area contributed by atoms with Crippen LogP contribution in [0.1, 0.15) is 29.6 Å². The molecule has 0 spiro atoms. The molecular weight excluding hydrogens is 357 g/mol. The van der Waals surface area contributed by atoms with Crippen molar-refractivity contribution in [1.29, 1.82) is 0 Å². The van der Waals surface area contributed by atoms with Gasteiger partial charge in [-0.1, -0.05) is 12.1 Å². The van der Waals surface area contributed by atoms with Crippen LogP contribution < -0.4 is 4.74 Å². The van der Waals surface area contributed by atoms with Gasteiger partial charge >= 0.3 is 0 Å². The molecule has 3 aromatic rings. The number of methoxy groups -OCH3 is 1. The summed E-state index contributed by atoms with van der Waals surface area (Å²) in [5, 5.41) is 4.66. The van der Waals surface area contributed by atoms with Gasteiger partial charge in [-0.3, -0.25) is 4.79 Å². The summed E-state index contributed by atoms with van der Waals surface area (Å²) in [5.74, 6) is 0.365. The third-order valence-corrected chi connectivity index (χ3v) is 5.02. The van der Waals surface area contributed by atoms with E-state index in [-0.39, 0.29) is 11.7 Å². The highest BCUT2D eigenvalue weighted by Gasteiger charge is 2.24. The minimum Gasteiger partial charge on any atom is -0.497 e. The molecule has 4 rings (SSSR count). The first-order chi connectivity index (χ1) is 13.7. The van der Waals surface area contributed by atoms with Crippen molar-refractivity contribution < 1.29 is 13.9 Å². The summed E-state index contributed by atoms with van der Waals surface area (Å²) in [6.45, 7) is 1.52. The fourth-order valence-corrected chi connectivity index (χ4v) is 3.51. The maximum absolute atomic E-state index is 13.3. The van der Waals surface area contributed by atoms with Crippen molar-refractivity contribution in [2.75, 3.05) is 20.2 Å². The van der Waals surface area contributed by atoms with Crippen LogP contribution in [0.3, 0.4) is 0 Å². The molecule has 28 heavy (non-hydrogen) atoms. The molecule has 1 fully saturated rings. The lowest BCUT2D eigenvalue weighted by atomic mass is 10.1. The third kappa shape index (κ3) is 3.63. The number of piperidine rings is 1. The van der Waals surface area contributed by atoms with Crippen LogP contribution in [-0.2, 0) is 0 Å². The molecule has 0 N–H and O–H groups in total. The van der Waals surface area contributed by atoms with Gasteiger partial charge in [0, 0.05) is 24.8 Å². The van der Waals surface area contributed by atoms with Gasteiger partial charge in [-0.2, -0.15) is 5.10 Å². The summed E-state index contributed by atoms with van der Waals surface area (Å²) in [6, 6.07) is 13.6. The molecule has 6 heteroatoms. The molecule has 5 nitrogen and oxygen atoms in total. The number of rotatable bonds is 4. The summed E-state index contributed by atoms with van der Waals surface area (Å²) < 4.78 is 20.3. The van der Waals surface area contributed by atoms with Gasteiger partial charge in [0.15, 0.2) is 0 Å². The van der Waals surface area contributed by atoms with Crippen LogP contribution in [0.5, 0.6) is 5.75 Å². The maximum atomic E-state index is 13.3. The predicted octanol–water partition coefficient (Wildman–Crippen LogP) is 4.31. The lowest BCUT2D eigenvalue weighted by Gasteiger charge is -2.26. The number of halogens is 1. The Balaban J connectivity index is 1.79. The van der Waals surface area contributed by atoms with Crippen LogP contribution in [0.25, 0.3) is 16.9 Å². The first-order valence-electron chi connectivity index (χ1n) is 9.45. The van der Waals surface area contributed by atoms with E-state index >= 15 is 0 Å². The molecule has 0 unspecified atom stereocenters. The summed E-state index contributed by atoms with van der Waals surface area (Å²) in [7, 11) is 1.61. The summed E-state index contributed by atoms with van der Waals surface area (Å²) in [5.41, 5.74) is 2.64. The van der Waals surface area contributed by atoms with E-state index in [4.69, 9.17) is 4.74 Å². The van der Waals surface area contributed by atoms with Crippen molar-refractivity contribution in [2.24, 2.45) is 0 Å². The summed E-state index contributed by atoms with van der Waals surface area (Å²) in [4.78, 5) is 15.1. The van der Waals surface area contributed by atoms with Crippen molar-refractivity contribution in [3.05, 3.63) is 66.1 Å². The van der Waals surface area contributed by atoms with Gasteiger partial charge in [0.25, 0.3) is 5.91 Å². The lowest BCUT2D eigenvalue weighted by Crippen LogP contribution is -2.35. The van der Waals surface area contributed by atoms with Gasteiger partial charge in [0.05, 0.1) is 18.4 Å². The van der Waals surface area contributed by atoms with Crippen LogP contribution in [0.4, 0.5) is 4.39 Å². The van der Waals surface area contributed by atoms with Gasteiger partial charge < -0.3 is 9.64 Å². The van der Waals surface area contributed by atoms with Crippen molar-refractivity contribution >= 4 is 5.91 Å². The molecule has 144 valence electrons. The second-order valence-corrected chi connectivity index (χ2v) is 6.90. The average molecular weight is 379 g/mol. The molecule has 2 aromatic carbocycles. The fourth-order valence-electron chi connectivity index (χ4n) is 3.51. The largest absolute Gasteiger partial charge is 0.497 e. The number of carbonyl (C=O) groups excluding carboxylic acids is 1. The van der Waals surface area contributed by atoms with E-state index in [1.807, 2.05) is 29.2 Å². The smallest absolute Gasteiger partial charge is 0.257 e. The summed E-state index contributed by atoms with van der Waals surface area (Å²) >= 11 is 0. The Labute approximate surface area is 163 Å². The second-order valence-electron chi connectivity index (χ2n) is 6.90. The quantitative estimate of drug-likeness (QED) is 0.679. The standard InChI is InChI=1S/C22H22FN3O2/c1-28-19-7-5-6-16(14-19)21-20(22(27)25-12-3-2-4-13-25)15-26(24-21)18-10-8-17(23)9-11-18/h5-11,14-15H,2-4,12-13H2,1H3. The van der Waals surface area contributed by atoms with Crippen LogP contribution in [0, 0.1) is 5.82 Å². The molecule has 0 saturated carbocycles. The number of amides is 1. The number of nitrogens with zero attached hydrogens (tertiary/aromatic N) is 3. The van der Waals surface area contributed by atoms with Crippen molar-refractivity contribution in [1.82, 2.24) is 14.7 Å². The zero-order chi connectivity index (χ0) is 19.5. The van der Waals surface area contributed by atoms with Crippen molar-refractivity contribution in [3.8, 4) is 22.7 Å². The van der Waals surface area contributed by atoms with Gasteiger partial charge in [-0.15, -0.1) is 0 Å². The van der Waals surface area contributed by atoms with E-state index in [1.54, 1.807) is 30.1 Å². The third-order valence-electron chi connectivity index (χ3n) is 5.02. The molecule has 0 radical (unpaired) electrons. The molecule has 0 bridgehead atoms. The molecule has 1 aromatic heterocycles. The highest BCUT2D eigenvalue weighted by molar-refractivity contribution is 6.00. The number of carbonyl (C=O) groups is 1. The van der Waals surface area contributed by atoms with Crippen LogP contribution in [-0.4, -0.2) is 40.8 Å². The monoisotopic (exact) mass is 379 g/mol. The van der Waals surface area contributed by atoms with Crippen LogP contribution in [0.15, 0.2) is 54.7 Å².